The van der Waals surface area contributed by atoms with Crippen LogP contribution in [-0.2, 0) is 0 Å². The standard InChI is InChI=1S/C7H17N.ClH/c1-4-6-7(3)8-5-2;/h7-8H,4-6H2,1-3H3;1H. The molecule has 9 heavy (non-hydrogen) atoms. The summed E-state index contributed by atoms with van der Waals surface area (Å²) in [5.74, 6) is 0. The molecule has 0 saturated heterocycles. The summed E-state index contributed by atoms with van der Waals surface area (Å²) < 4.78 is 0. The predicted molar refractivity (Wildman–Crippen MR) is 45.3 cm³/mol. The van der Waals surface area contributed by atoms with Gasteiger partial charge in [0, 0.05) is 6.04 Å². The first-order valence-electron chi connectivity index (χ1n) is 3.54. The van der Waals surface area contributed by atoms with Gasteiger partial charge in [-0.05, 0) is 19.9 Å². The van der Waals surface area contributed by atoms with Crippen molar-refractivity contribution in [3.8, 4) is 0 Å². The van der Waals surface area contributed by atoms with Gasteiger partial charge in [-0.25, -0.2) is 0 Å². The third-order valence-corrected chi connectivity index (χ3v) is 1.27. The van der Waals surface area contributed by atoms with Gasteiger partial charge in [0.15, 0.2) is 0 Å². The van der Waals surface area contributed by atoms with Gasteiger partial charge in [-0.2, -0.15) is 0 Å². The molecule has 58 valence electrons. The van der Waals surface area contributed by atoms with E-state index < -0.39 is 0 Å². The quantitative estimate of drug-likeness (QED) is 0.650. The average molecular weight is 152 g/mol. The minimum absolute atomic E-state index is 0. The fraction of sp³-hybridized carbons (Fsp3) is 1.00. The molecule has 0 fully saturated rings. The summed E-state index contributed by atoms with van der Waals surface area (Å²) in [5, 5.41) is 3.35. The average Bonchev–Trinajstić information content (AvgIpc) is 1.68. The van der Waals surface area contributed by atoms with Crippen LogP contribution in [0.3, 0.4) is 0 Å². The van der Waals surface area contributed by atoms with Crippen molar-refractivity contribution in [3.63, 3.8) is 0 Å². The molecule has 2 heteroatoms. The number of hydrogen-bond donors (Lipinski definition) is 1. The Kier molecular flexibility index (Phi) is 11.0. The van der Waals surface area contributed by atoms with Crippen molar-refractivity contribution in [2.45, 2.75) is 39.7 Å². The van der Waals surface area contributed by atoms with Crippen LogP contribution in [0.4, 0.5) is 0 Å². The number of nitrogens with one attached hydrogen (secondary N) is 1. The van der Waals surface area contributed by atoms with Gasteiger partial charge in [-0.15, -0.1) is 12.4 Å². The van der Waals surface area contributed by atoms with E-state index in [1.165, 1.54) is 12.8 Å². The zero-order valence-electron chi connectivity index (χ0n) is 6.61. The van der Waals surface area contributed by atoms with Gasteiger partial charge in [-0.1, -0.05) is 20.3 Å². The van der Waals surface area contributed by atoms with Crippen molar-refractivity contribution in [1.82, 2.24) is 5.32 Å². The van der Waals surface area contributed by atoms with Gasteiger partial charge in [0.1, 0.15) is 0 Å². The van der Waals surface area contributed by atoms with Crippen LogP contribution in [0.15, 0.2) is 0 Å². The maximum atomic E-state index is 3.35. The van der Waals surface area contributed by atoms with Crippen LogP contribution in [0, 0.1) is 0 Å². The lowest BCUT2D eigenvalue weighted by Gasteiger charge is -2.08. The van der Waals surface area contributed by atoms with Crippen LogP contribution in [-0.4, -0.2) is 12.6 Å². The summed E-state index contributed by atoms with van der Waals surface area (Å²) in [5.41, 5.74) is 0. The molecule has 0 aromatic heterocycles. The number of halogens is 1. The minimum Gasteiger partial charge on any atom is -0.315 e. The highest BCUT2D eigenvalue weighted by molar-refractivity contribution is 5.85. The summed E-state index contributed by atoms with van der Waals surface area (Å²) in [6.45, 7) is 7.69. The molecule has 0 aromatic rings. The molecule has 0 saturated carbocycles. The zero-order valence-corrected chi connectivity index (χ0v) is 7.42. The molecule has 0 radical (unpaired) electrons. The molecule has 0 spiro atoms. The molecule has 0 amide bonds. The van der Waals surface area contributed by atoms with Crippen LogP contribution in [0.5, 0.6) is 0 Å². The first-order chi connectivity index (χ1) is 3.81. The van der Waals surface area contributed by atoms with Crippen molar-refractivity contribution in [1.29, 1.82) is 0 Å². The molecule has 0 aromatic carbocycles. The fourth-order valence-corrected chi connectivity index (χ4v) is 0.884. The Labute approximate surface area is 64.6 Å². The molecule has 0 rings (SSSR count). The highest BCUT2D eigenvalue weighted by atomic mass is 35.5. The maximum absolute atomic E-state index is 3.35. The second-order valence-corrected chi connectivity index (χ2v) is 2.25. The van der Waals surface area contributed by atoms with E-state index in [1.54, 1.807) is 0 Å². The van der Waals surface area contributed by atoms with Gasteiger partial charge in [0.2, 0.25) is 0 Å². The number of rotatable bonds is 4. The molecule has 0 aliphatic rings. The molecule has 0 aliphatic heterocycles. The van der Waals surface area contributed by atoms with E-state index in [4.69, 9.17) is 0 Å². The SMILES string of the molecule is CCCC(C)NCC.Cl. The topological polar surface area (TPSA) is 12.0 Å². The largest absolute Gasteiger partial charge is 0.315 e. The van der Waals surface area contributed by atoms with Crippen LogP contribution < -0.4 is 5.32 Å². The Morgan fingerprint density at radius 1 is 1.33 bits per heavy atom. The van der Waals surface area contributed by atoms with Crippen molar-refractivity contribution in [2.24, 2.45) is 0 Å². The fourth-order valence-electron chi connectivity index (χ4n) is 0.884. The van der Waals surface area contributed by atoms with Crippen molar-refractivity contribution in [2.75, 3.05) is 6.54 Å². The van der Waals surface area contributed by atoms with Crippen molar-refractivity contribution >= 4 is 12.4 Å². The molecule has 1 unspecified atom stereocenters. The molecular weight excluding hydrogens is 134 g/mol. The summed E-state index contributed by atoms with van der Waals surface area (Å²) >= 11 is 0. The van der Waals surface area contributed by atoms with E-state index in [0.717, 1.165) is 6.54 Å². The molecule has 1 N–H and O–H groups in total. The Morgan fingerprint density at radius 3 is 2.22 bits per heavy atom. The summed E-state index contributed by atoms with van der Waals surface area (Å²) in [6, 6.07) is 0.713. The lowest BCUT2D eigenvalue weighted by molar-refractivity contribution is 0.524. The smallest absolute Gasteiger partial charge is 0.00385 e. The molecule has 1 nitrogen and oxygen atoms in total. The first kappa shape index (κ1) is 12.0. The lowest BCUT2D eigenvalue weighted by Crippen LogP contribution is -2.24. The van der Waals surface area contributed by atoms with Gasteiger partial charge in [0.05, 0.1) is 0 Å². The summed E-state index contributed by atoms with van der Waals surface area (Å²) in [7, 11) is 0. The van der Waals surface area contributed by atoms with Gasteiger partial charge >= 0.3 is 0 Å². The molecule has 1 atom stereocenters. The molecule has 0 aliphatic carbocycles. The highest BCUT2D eigenvalue weighted by Gasteiger charge is 1.93. The summed E-state index contributed by atoms with van der Waals surface area (Å²) in [6.07, 6.45) is 2.59. The van der Waals surface area contributed by atoms with E-state index in [2.05, 4.69) is 26.1 Å². The van der Waals surface area contributed by atoms with E-state index in [-0.39, 0.29) is 12.4 Å². The summed E-state index contributed by atoms with van der Waals surface area (Å²) in [4.78, 5) is 0. The van der Waals surface area contributed by atoms with Gasteiger partial charge in [-0.3, -0.25) is 0 Å². The van der Waals surface area contributed by atoms with E-state index in [1.807, 2.05) is 0 Å². The van der Waals surface area contributed by atoms with Crippen LogP contribution in [0.25, 0.3) is 0 Å². The second kappa shape index (κ2) is 8.25. The second-order valence-electron chi connectivity index (χ2n) is 2.25. The van der Waals surface area contributed by atoms with Crippen molar-refractivity contribution in [3.05, 3.63) is 0 Å². The van der Waals surface area contributed by atoms with Crippen LogP contribution in [0.2, 0.25) is 0 Å². The van der Waals surface area contributed by atoms with Crippen molar-refractivity contribution < 1.29 is 0 Å². The monoisotopic (exact) mass is 151 g/mol. The van der Waals surface area contributed by atoms with E-state index in [9.17, 15) is 0 Å². The first-order valence-corrected chi connectivity index (χ1v) is 3.54. The Morgan fingerprint density at radius 2 is 1.89 bits per heavy atom. The maximum Gasteiger partial charge on any atom is 0.00385 e. The molecule has 0 heterocycles. The highest BCUT2D eigenvalue weighted by Crippen LogP contribution is 1.92. The normalized spacial score (nSPS) is 12.3. The number of hydrogen-bond acceptors (Lipinski definition) is 1. The third-order valence-electron chi connectivity index (χ3n) is 1.27. The lowest BCUT2D eigenvalue weighted by atomic mass is 10.2. The molecule has 0 bridgehead atoms. The van der Waals surface area contributed by atoms with Gasteiger partial charge in [0.25, 0.3) is 0 Å². The third kappa shape index (κ3) is 8.25. The molecular formula is C7H18ClN. The van der Waals surface area contributed by atoms with Gasteiger partial charge < -0.3 is 5.32 Å². The Balaban J connectivity index is 0. The zero-order chi connectivity index (χ0) is 6.41. The minimum atomic E-state index is 0. The predicted octanol–water partition coefficient (Wildman–Crippen LogP) is 2.21. The Hall–Kier alpha value is 0.250. The van der Waals surface area contributed by atoms with Crippen LogP contribution >= 0.6 is 12.4 Å². The van der Waals surface area contributed by atoms with Crippen LogP contribution in [0.1, 0.15) is 33.6 Å². The Bertz CT molecular complexity index is 42.2. The van der Waals surface area contributed by atoms with E-state index >= 15 is 0 Å². The van der Waals surface area contributed by atoms with E-state index in [0.29, 0.717) is 6.04 Å².